The standard InChI is InChI=1S/C11H18N3OPS/c1-3-9-17-16(12,15)14-10(2)13-11-7-5-4-6-8-11/h4-8H,3,9H2,1-2H3,(H3,12,13,14,15). The highest BCUT2D eigenvalue weighted by molar-refractivity contribution is 8.56. The van der Waals surface area contributed by atoms with Crippen LogP contribution in [0.5, 0.6) is 0 Å². The maximum absolute atomic E-state index is 11.9. The van der Waals surface area contributed by atoms with E-state index < -0.39 is 6.65 Å². The van der Waals surface area contributed by atoms with E-state index in [9.17, 15) is 4.57 Å². The van der Waals surface area contributed by atoms with Gasteiger partial charge in [0.1, 0.15) is 5.84 Å². The van der Waals surface area contributed by atoms with Crippen molar-refractivity contribution in [2.75, 3.05) is 5.75 Å². The molecule has 0 heterocycles. The van der Waals surface area contributed by atoms with Gasteiger partial charge < -0.3 is 5.09 Å². The van der Waals surface area contributed by atoms with Gasteiger partial charge in [-0.1, -0.05) is 36.5 Å². The molecule has 0 fully saturated rings. The molecular formula is C11H18N3OPS. The van der Waals surface area contributed by atoms with E-state index in [0.29, 0.717) is 5.84 Å². The minimum absolute atomic E-state index is 0.575. The van der Waals surface area contributed by atoms with Crippen molar-refractivity contribution in [3.63, 3.8) is 0 Å². The number of nitrogens with two attached hydrogens (primary N) is 1. The molecule has 0 saturated heterocycles. The smallest absolute Gasteiger partial charge is 0.288 e. The lowest BCUT2D eigenvalue weighted by molar-refractivity contribution is 0.583. The number of aliphatic imine (C=N–C) groups is 1. The molecule has 94 valence electrons. The molecule has 4 nitrogen and oxygen atoms in total. The molecule has 6 heteroatoms. The van der Waals surface area contributed by atoms with Crippen LogP contribution in [0.3, 0.4) is 0 Å². The maximum Gasteiger partial charge on any atom is 0.288 e. The molecule has 1 aromatic carbocycles. The number of hydrogen-bond donors (Lipinski definition) is 2. The van der Waals surface area contributed by atoms with E-state index in [0.717, 1.165) is 17.9 Å². The van der Waals surface area contributed by atoms with Crippen LogP contribution in [0.25, 0.3) is 0 Å². The summed E-state index contributed by atoms with van der Waals surface area (Å²) in [5.41, 5.74) is 6.50. The number of benzene rings is 1. The van der Waals surface area contributed by atoms with E-state index in [1.165, 1.54) is 11.4 Å². The number of rotatable bonds is 5. The molecular weight excluding hydrogens is 253 g/mol. The third-order valence-corrected chi connectivity index (χ3v) is 5.44. The Balaban J connectivity index is 2.62. The highest BCUT2D eigenvalue weighted by Gasteiger charge is 2.15. The summed E-state index contributed by atoms with van der Waals surface area (Å²) in [5.74, 6) is 1.35. The molecule has 0 bridgehead atoms. The quantitative estimate of drug-likeness (QED) is 0.488. The first-order valence-corrected chi connectivity index (χ1v) is 8.82. The van der Waals surface area contributed by atoms with Crippen LogP contribution in [0.4, 0.5) is 5.69 Å². The third kappa shape index (κ3) is 5.91. The zero-order valence-electron chi connectivity index (χ0n) is 10.1. The number of nitrogens with zero attached hydrogens (tertiary/aromatic N) is 1. The molecule has 0 radical (unpaired) electrons. The number of hydrogen-bond acceptors (Lipinski definition) is 3. The number of nitrogens with one attached hydrogen (secondary N) is 1. The van der Waals surface area contributed by atoms with Crippen LogP contribution < -0.4 is 10.6 Å². The Hall–Kier alpha value is -0.770. The van der Waals surface area contributed by atoms with Crippen LogP contribution >= 0.6 is 18.0 Å². The van der Waals surface area contributed by atoms with E-state index >= 15 is 0 Å². The molecule has 0 amide bonds. The summed E-state index contributed by atoms with van der Waals surface area (Å²) < 4.78 is 11.9. The lowest BCUT2D eigenvalue weighted by Crippen LogP contribution is -2.19. The fourth-order valence-corrected chi connectivity index (χ4v) is 4.18. The second-order valence-corrected chi connectivity index (χ2v) is 8.06. The van der Waals surface area contributed by atoms with Crippen LogP contribution in [-0.4, -0.2) is 11.6 Å². The topological polar surface area (TPSA) is 67.5 Å². The zero-order chi connectivity index (χ0) is 12.7. The second-order valence-electron chi connectivity index (χ2n) is 3.57. The predicted molar refractivity (Wildman–Crippen MR) is 76.9 cm³/mol. The van der Waals surface area contributed by atoms with Crippen molar-refractivity contribution in [3.8, 4) is 0 Å². The lowest BCUT2D eigenvalue weighted by Gasteiger charge is -2.13. The second kappa shape index (κ2) is 6.84. The molecule has 0 spiro atoms. The molecule has 0 aliphatic heterocycles. The van der Waals surface area contributed by atoms with Gasteiger partial charge in [-0.05, 0) is 25.5 Å². The summed E-state index contributed by atoms with van der Waals surface area (Å²) in [7, 11) is 0. The summed E-state index contributed by atoms with van der Waals surface area (Å²) in [6.07, 6.45) is 0.947. The van der Waals surface area contributed by atoms with Gasteiger partial charge in [0, 0.05) is 5.75 Å². The molecule has 1 aromatic rings. The Morgan fingerprint density at radius 1 is 1.47 bits per heavy atom. The molecule has 1 rings (SSSR count). The Bertz CT molecular complexity index is 422. The lowest BCUT2D eigenvalue weighted by atomic mass is 10.3. The van der Waals surface area contributed by atoms with Gasteiger partial charge in [0.15, 0.2) is 0 Å². The van der Waals surface area contributed by atoms with Crippen LogP contribution in [0, 0.1) is 0 Å². The highest BCUT2D eigenvalue weighted by Crippen LogP contribution is 2.47. The molecule has 3 N–H and O–H groups in total. The van der Waals surface area contributed by atoms with E-state index in [1.807, 2.05) is 37.3 Å². The zero-order valence-corrected chi connectivity index (χ0v) is 11.8. The minimum Gasteiger partial charge on any atom is -0.305 e. The summed E-state index contributed by atoms with van der Waals surface area (Å²) >= 11 is 1.26. The predicted octanol–water partition coefficient (Wildman–Crippen LogP) is 3.54. The van der Waals surface area contributed by atoms with Crippen molar-refractivity contribution in [1.82, 2.24) is 5.09 Å². The molecule has 0 saturated carbocycles. The summed E-state index contributed by atoms with van der Waals surface area (Å²) in [4.78, 5) is 4.29. The van der Waals surface area contributed by atoms with E-state index in [4.69, 9.17) is 5.50 Å². The first-order valence-electron chi connectivity index (χ1n) is 5.45. The fourth-order valence-electron chi connectivity index (χ4n) is 1.21. The van der Waals surface area contributed by atoms with Crippen molar-refractivity contribution < 1.29 is 4.57 Å². The first-order chi connectivity index (χ1) is 8.03. The molecule has 1 unspecified atom stereocenters. The number of amidine groups is 1. The largest absolute Gasteiger partial charge is 0.305 e. The number of para-hydroxylation sites is 1. The van der Waals surface area contributed by atoms with Crippen molar-refractivity contribution in [3.05, 3.63) is 30.3 Å². The first kappa shape index (κ1) is 14.3. The minimum atomic E-state index is -2.87. The average Bonchev–Trinajstić information content (AvgIpc) is 2.27. The summed E-state index contributed by atoms with van der Waals surface area (Å²) in [6.45, 7) is 0.922. The van der Waals surface area contributed by atoms with Crippen molar-refractivity contribution in [2.45, 2.75) is 20.3 Å². The van der Waals surface area contributed by atoms with Gasteiger partial charge in [0.05, 0.1) is 5.69 Å². The van der Waals surface area contributed by atoms with Crippen LogP contribution in [0.1, 0.15) is 20.3 Å². The van der Waals surface area contributed by atoms with E-state index in [2.05, 4.69) is 10.1 Å². The molecule has 1 atom stereocenters. The molecule has 17 heavy (non-hydrogen) atoms. The summed E-state index contributed by atoms with van der Waals surface area (Å²) in [6, 6.07) is 9.49. The molecule has 0 aliphatic rings. The maximum atomic E-state index is 11.9. The van der Waals surface area contributed by atoms with Crippen molar-refractivity contribution in [2.24, 2.45) is 10.5 Å². The van der Waals surface area contributed by atoms with Crippen molar-refractivity contribution in [1.29, 1.82) is 0 Å². The Kier molecular flexibility index (Phi) is 5.75. The Morgan fingerprint density at radius 3 is 2.71 bits per heavy atom. The molecule has 0 aliphatic carbocycles. The van der Waals surface area contributed by atoms with Crippen LogP contribution in [0.15, 0.2) is 35.3 Å². The van der Waals surface area contributed by atoms with Gasteiger partial charge in [0.25, 0.3) is 6.65 Å². The van der Waals surface area contributed by atoms with Gasteiger partial charge in [-0.3, -0.25) is 10.1 Å². The monoisotopic (exact) mass is 271 g/mol. The van der Waals surface area contributed by atoms with Crippen LogP contribution in [0.2, 0.25) is 0 Å². The normalized spacial score (nSPS) is 15.4. The summed E-state index contributed by atoms with van der Waals surface area (Å²) in [5, 5.41) is 2.79. The van der Waals surface area contributed by atoms with Gasteiger partial charge in [-0.2, -0.15) is 0 Å². The Labute approximate surface area is 106 Å². The van der Waals surface area contributed by atoms with Gasteiger partial charge >= 0.3 is 0 Å². The van der Waals surface area contributed by atoms with Crippen molar-refractivity contribution >= 4 is 29.5 Å². The third-order valence-electron chi connectivity index (χ3n) is 1.86. The average molecular weight is 271 g/mol. The SMILES string of the molecule is CCCSP(N)(=O)NC(C)=Nc1ccccc1. The van der Waals surface area contributed by atoms with Gasteiger partial charge in [-0.15, -0.1) is 0 Å². The van der Waals surface area contributed by atoms with Gasteiger partial charge in [-0.25, -0.2) is 4.99 Å². The highest BCUT2D eigenvalue weighted by atomic mass is 32.7. The van der Waals surface area contributed by atoms with E-state index in [-0.39, 0.29) is 0 Å². The van der Waals surface area contributed by atoms with E-state index in [1.54, 1.807) is 6.92 Å². The van der Waals surface area contributed by atoms with Gasteiger partial charge in [0.2, 0.25) is 0 Å². The molecule has 0 aromatic heterocycles. The Morgan fingerprint density at radius 2 is 2.12 bits per heavy atom. The van der Waals surface area contributed by atoms with Crippen LogP contribution in [-0.2, 0) is 4.57 Å². The fraction of sp³-hybridized carbons (Fsp3) is 0.364.